The molecule has 0 atom stereocenters. The summed E-state index contributed by atoms with van der Waals surface area (Å²) in [7, 11) is 0. The average Bonchev–Trinajstić information content (AvgIpc) is 3.36. The van der Waals surface area contributed by atoms with Gasteiger partial charge >= 0.3 is 0 Å². The van der Waals surface area contributed by atoms with Gasteiger partial charge in [-0.05, 0) is 11.4 Å². The Labute approximate surface area is 182 Å². The van der Waals surface area contributed by atoms with Crippen LogP contribution in [0, 0.1) is 11.3 Å². The molecule has 0 fully saturated rings. The first-order chi connectivity index (χ1) is 15.0. The normalized spacial score (nSPS) is 12.9. The van der Waals surface area contributed by atoms with Crippen molar-refractivity contribution in [1.29, 1.82) is 5.26 Å². The van der Waals surface area contributed by atoms with Gasteiger partial charge in [0.05, 0.1) is 44.7 Å². The molecular weight excluding hydrogens is 418 g/mol. The summed E-state index contributed by atoms with van der Waals surface area (Å²) in [4.78, 5) is 24.5. The Morgan fingerprint density at radius 3 is 2.65 bits per heavy atom. The standard InChI is InChI=1S/C20H21N7O3S/c21-9-13-15-12-8-14(30)27(10-11-2-1-7-31-11)20(12)25-18(23)16(15)17(22)24-19(13)26(3-5-28)4-6-29/h1-2,7,28-29H,3-6,8,10H2,(H2,22,24)(H2,23,25)/p+1. The van der Waals surface area contributed by atoms with Gasteiger partial charge in [0.2, 0.25) is 17.5 Å². The summed E-state index contributed by atoms with van der Waals surface area (Å²) in [5.41, 5.74) is 13.3. The smallest absolute Gasteiger partial charge is 0.240 e. The van der Waals surface area contributed by atoms with E-state index in [0.717, 1.165) is 4.88 Å². The van der Waals surface area contributed by atoms with Crippen molar-refractivity contribution >= 4 is 51.3 Å². The van der Waals surface area contributed by atoms with E-state index in [1.165, 1.54) is 11.3 Å². The van der Waals surface area contributed by atoms with E-state index in [-0.39, 0.29) is 55.8 Å². The second kappa shape index (κ2) is 8.35. The number of nitrogens with one attached hydrogen (secondary N) is 1. The van der Waals surface area contributed by atoms with Crippen LogP contribution in [-0.2, 0) is 17.8 Å². The van der Waals surface area contributed by atoms with Crippen molar-refractivity contribution < 1.29 is 20.0 Å². The van der Waals surface area contributed by atoms with E-state index in [1.807, 2.05) is 17.5 Å². The number of H-pyrrole nitrogens is 1. The number of fused-ring (bicyclic) bond motifs is 3. The second-order valence-electron chi connectivity index (χ2n) is 7.09. The van der Waals surface area contributed by atoms with Crippen molar-refractivity contribution in [3.63, 3.8) is 0 Å². The van der Waals surface area contributed by atoms with Gasteiger partial charge in [0.25, 0.3) is 0 Å². The van der Waals surface area contributed by atoms with Crippen molar-refractivity contribution in [1.82, 2.24) is 4.98 Å². The maximum absolute atomic E-state index is 12.9. The molecule has 4 rings (SSSR count). The molecule has 10 nitrogen and oxygen atoms in total. The van der Waals surface area contributed by atoms with Crippen LogP contribution in [0.2, 0.25) is 0 Å². The zero-order valence-corrected chi connectivity index (χ0v) is 17.4. The number of rotatable bonds is 7. The lowest BCUT2D eigenvalue weighted by Gasteiger charge is -2.21. The van der Waals surface area contributed by atoms with E-state index in [9.17, 15) is 20.3 Å². The first-order valence-electron chi connectivity index (χ1n) is 9.66. The topological polar surface area (TPSA) is 167 Å². The summed E-state index contributed by atoms with van der Waals surface area (Å²) in [5.74, 6) is 0.955. The molecule has 7 N–H and O–H groups in total. The number of aromatic amines is 1. The fourth-order valence-corrected chi connectivity index (χ4v) is 4.64. The molecule has 0 spiro atoms. The van der Waals surface area contributed by atoms with Crippen LogP contribution in [0.3, 0.4) is 0 Å². The summed E-state index contributed by atoms with van der Waals surface area (Å²) in [5, 5.41) is 31.7. The Balaban J connectivity index is 1.96. The minimum atomic E-state index is -0.180. The number of aromatic nitrogens is 2. The Bertz CT molecular complexity index is 1180. The highest BCUT2D eigenvalue weighted by Crippen LogP contribution is 2.41. The first kappa shape index (κ1) is 20.8. The molecule has 0 saturated heterocycles. The number of carbonyl (C=O) groups excluding carboxylic acids is 1. The summed E-state index contributed by atoms with van der Waals surface area (Å²) >= 11 is 1.54. The van der Waals surface area contributed by atoms with Gasteiger partial charge in [-0.3, -0.25) is 14.6 Å². The quantitative estimate of drug-likeness (QED) is 0.399. The number of aliphatic hydroxyl groups is 2. The molecule has 0 radical (unpaired) electrons. The Morgan fingerprint density at radius 2 is 2.03 bits per heavy atom. The van der Waals surface area contributed by atoms with Gasteiger partial charge in [-0.25, -0.2) is 9.97 Å². The molecule has 0 aromatic carbocycles. The third kappa shape index (κ3) is 3.50. The lowest BCUT2D eigenvalue weighted by molar-refractivity contribution is -0.345. The predicted octanol–water partition coefficient (Wildman–Crippen LogP) is 0.0268. The third-order valence-corrected chi connectivity index (χ3v) is 6.12. The first-order valence-corrected chi connectivity index (χ1v) is 10.5. The minimum Gasteiger partial charge on any atom is -0.393 e. The molecule has 160 valence electrons. The maximum Gasteiger partial charge on any atom is 0.240 e. The van der Waals surface area contributed by atoms with Crippen LogP contribution in [0.25, 0.3) is 10.8 Å². The molecule has 1 amide bonds. The van der Waals surface area contributed by atoms with Crippen LogP contribution < -0.4 is 26.3 Å². The summed E-state index contributed by atoms with van der Waals surface area (Å²) in [6, 6.07) is 6.04. The van der Waals surface area contributed by atoms with Crippen LogP contribution in [-0.4, -0.2) is 47.4 Å². The SMILES string of the molecule is N#Cc1c(N(CCO)CCO)[nH+]c(N)c2c(N)nc3c(c12)CC(=O)N3Cc1cccs1. The van der Waals surface area contributed by atoms with E-state index < -0.39 is 0 Å². The lowest BCUT2D eigenvalue weighted by Crippen LogP contribution is -2.36. The lowest BCUT2D eigenvalue weighted by atomic mass is 10.0. The minimum absolute atomic E-state index is 0.0715. The number of pyridine rings is 2. The maximum atomic E-state index is 12.9. The van der Waals surface area contributed by atoms with Crippen LogP contribution in [0.4, 0.5) is 23.3 Å². The molecular formula is C20H22N7O3S+. The summed E-state index contributed by atoms with van der Waals surface area (Å²) in [6.07, 6.45) is 0.0715. The van der Waals surface area contributed by atoms with Crippen LogP contribution >= 0.6 is 11.3 Å². The zero-order chi connectivity index (χ0) is 22.1. The molecule has 0 saturated carbocycles. The molecule has 0 bridgehead atoms. The predicted molar refractivity (Wildman–Crippen MR) is 117 cm³/mol. The monoisotopic (exact) mass is 440 g/mol. The van der Waals surface area contributed by atoms with E-state index in [0.29, 0.717) is 34.5 Å². The van der Waals surface area contributed by atoms with Gasteiger partial charge in [-0.1, -0.05) is 6.07 Å². The molecule has 11 heteroatoms. The van der Waals surface area contributed by atoms with E-state index in [4.69, 9.17) is 11.5 Å². The number of anilines is 4. The number of nitrogens with zero attached hydrogens (tertiary/aromatic N) is 4. The number of aliphatic hydroxyl groups excluding tert-OH is 2. The van der Waals surface area contributed by atoms with Gasteiger partial charge in [0, 0.05) is 15.8 Å². The van der Waals surface area contributed by atoms with Crippen LogP contribution in [0.5, 0.6) is 0 Å². The molecule has 0 unspecified atom stereocenters. The molecule has 3 aromatic rings. The molecule has 4 heterocycles. The van der Waals surface area contributed by atoms with E-state index in [2.05, 4.69) is 16.0 Å². The van der Waals surface area contributed by atoms with Gasteiger partial charge < -0.3 is 21.7 Å². The largest absolute Gasteiger partial charge is 0.393 e. The van der Waals surface area contributed by atoms with Gasteiger partial charge in [-0.2, -0.15) is 5.26 Å². The van der Waals surface area contributed by atoms with E-state index >= 15 is 0 Å². The molecule has 1 aliphatic rings. The third-order valence-electron chi connectivity index (χ3n) is 5.26. The Hall–Kier alpha value is -3.46. The molecule has 3 aromatic heterocycles. The van der Waals surface area contributed by atoms with E-state index in [1.54, 1.807) is 9.80 Å². The number of nitriles is 1. The average molecular weight is 441 g/mol. The number of nitrogens with two attached hydrogens (primary N) is 2. The second-order valence-corrected chi connectivity index (χ2v) is 8.13. The van der Waals surface area contributed by atoms with Gasteiger partial charge in [-0.15, -0.1) is 11.3 Å². The highest BCUT2D eigenvalue weighted by Gasteiger charge is 2.35. The molecule has 0 aliphatic carbocycles. The van der Waals surface area contributed by atoms with Crippen LogP contribution in [0.15, 0.2) is 17.5 Å². The molecule has 1 aliphatic heterocycles. The fourth-order valence-electron chi connectivity index (χ4n) is 3.95. The van der Waals surface area contributed by atoms with Crippen molar-refractivity contribution in [2.24, 2.45) is 0 Å². The van der Waals surface area contributed by atoms with Crippen molar-refractivity contribution in [3.8, 4) is 6.07 Å². The van der Waals surface area contributed by atoms with Crippen molar-refractivity contribution in [3.05, 3.63) is 33.5 Å². The highest BCUT2D eigenvalue weighted by molar-refractivity contribution is 7.09. The summed E-state index contributed by atoms with van der Waals surface area (Å²) in [6.45, 7) is 0.373. The molecule has 31 heavy (non-hydrogen) atoms. The number of carbonyl (C=O) groups is 1. The number of nitrogen functional groups attached to an aromatic ring is 2. The fraction of sp³-hybridized carbons (Fsp3) is 0.300. The number of hydrogen-bond acceptors (Lipinski definition) is 9. The Morgan fingerprint density at radius 1 is 1.29 bits per heavy atom. The van der Waals surface area contributed by atoms with Crippen molar-refractivity contribution in [2.45, 2.75) is 13.0 Å². The summed E-state index contributed by atoms with van der Waals surface area (Å²) < 4.78 is 0. The number of thiophene rings is 1. The van der Waals surface area contributed by atoms with Crippen molar-refractivity contribution in [2.75, 3.05) is 47.6 Å². The zero-order valence-electron chi connectivity index (χ0n) is 16.6. The van der Waals surface area contributed by atoms with Gasteiger partial charge in [0.1, 0.15) is 23.3 Å². The Kier molecular flexibility index (Phi) is 5.60. The highest BCUT2D eigenvalue weighted by atomic mass is 32.1. The van der Waals surface area contributed by atoms with Crippen LogP contribution in [0.1, 0.15) is 16.0 Å². The van der Waals surface area contributed by atoms with Gasteiger partial charge in [0.15, 0.2) is 0 Å². The number of amides is 1. The number of hydrogen-bond donors (Lipinski definition) is 4.